The summed E-state index contributed by atoms with van der Waals surface area (Å²) in [6.45, 7) is 5.65. The van der Waals surface area contributed by atoms with Crippen molar-refractivity contribution >= 4 is 22.7 Å². The molecule has 1 aromatic heterocycles. The number of thioether (sulfide) groups is 1. The molecule has 0 bridgehead atoms. The number of hydrogen-bond donors (Lipinski definition) is 0. The van der Waals surface area contributed by atoms with Crippen molar-refractivity contribution in [1.82, 2.24) is 9.47 Å². The number of aromatic nitrogens is 1. The van der Waals surface area contributed by atoms with Gasteiger partial charge in [0.15, 0.2) is 0 Å². The van der Waals surface area contributed by atoms with Crippen molar-refractivity contribution in [3.05, 3.63) is 64.8 Å². The molecule has 2 aromatic carbocycles. The highest BCUT2D eigenvalue weighted by Crippen LogP contribution is 2.42. The fourth-order valence-electron chi connectivity index (χ4n) is 5.15. The van der Waals surface area contributed by atoms with Gasteiger partial charge >= 0.3 is 0 Å². The maximum atomic E-state index is 2.75. The molecule has 0 fully saturated rings. The van der Waals surface area contributed by atoms with Gasteiger partial charge in [0.2, 0.25) is 0 Å². The highest BCUT2D eigenvalue weighted by atomic mass is 32.2. The van der Waals surface area contributed by atoms with E-state index in [0.29, 0.717) is 6.04 Å². The monoisotopic (exact) mass is 376 g/mol. The molecule has 3 heteroatoms. The Hall–Kier alpha value is -1.71. The molecule has 2 nitrogen and oxygen atoms in total. The second-order valence-corrected chi connectivity index (χ2v) is 9.00. The van der Waals surface area contributed by atoms with Gasteiger partial charge in [0.05, 0.1) is 6.04 Å². The van der Waals surface area contributed by atoms with Crippen molar-refractivity contribution in [3.8, 4) is 0 Å². The molecule has 2 aliphatic rings. The van der Waals surface area contributed by atoms with Crippen LogP contribution in [0.1, 0.15) is 47.7 Å². The minimum absolute atomic E-state index is 0.573. The van der Waals surface area contributed by atoms with Crippen LogP contribution in [0.15, 0.2) is 47.4 Å². The molecule has 0 radical (unpaired) electrons. The summed E-state index contributed by atoms with van der Waals surface area (Å²) < 4.78 is 2.66. The van der Waals surface area contributed by atoms with E-state index in [1.807, 2.05) is 11.8 Å². The van der Waals surface area contributed by atoms with Gasteiger partial charge in [-0.2, -0.15) is 0 Å². The summed E-state index contributed by atoms with van der Waals surface area (Å²) in [6.07, 6.45) is 7.24. The van der Waals surface area contributed by atoms with Crippen molar-refractivity contribution in [3.63, 3.8) is 0 Å². The first kappa shape index (κ1) is 17.4. The zero-order chi connectivity index (χ0) is 18.4. The lowest BCUT2D eigenvalue weighted by Crippen LogP contribution is -2.31. The minimum atomic E-state index is 0.573. The maximum absolute atomic E-state index is 2.75. The number of nitrogens with zero attached hydrogens (tertiary/aromatic N) is 2. The van der Waals surface area contributed by atoms with Gasteiger partial charge in [-0.1, -0.05) is 23.8 Å². The molecule has 1 atom stereocenters. The molecular weight excluding hydrogens is 348 g/mol. The molecule has 27 heavy (non-hydrogen) atoms. The minimum Gasteiger partial charge on any atom is -0.343 e. The molecule has 0 saturated carbocycles. The summed E-state index contributed by atoms with van der Waals surface area (Å²) >= 11 is 1.82. The zero-order valence-electron chi connectivity index (χ0n) is 16.4. The molecule has 1 aliphatic carbocycles. The number of rotatable bonds is 3. The lowest BCUT2D eigenvalue weighted by molar-refractivity contribution is 0.173. The Kier molecular flexibility index (Phi) is 4.53. The lowest BCUT2D eigenvalue weighted by Gasteiger charge is -2.33. The van der Waals surface area contributed by atoms with Gasteiger partial charge in [-0.3, -0.25) is 4.90 Å². The van der Waals surface area contributed by atoms with E-state index in [1.54, 1.807) is 11.3 Å². The first-order chi connectivity index (χ1) is 13.2. The molecule has 1 unspecified atom stereocenters. The van der Waals surface area contributed by atoms with Gasteiger partial charge in [-0.25, -0.2) is 0 Å². The third-order valence-electron chi connectivity index (χ3n) is 6.40. The van der Waals surface area contributed by atoms with Crippen molar-refractivity contribution < 1.29 is 0 Å². The van der Waals surface area contributed by atoms with Gasteiger partial charge in [0.25, 0.3) is 0 Å². The predicted octanol–water partition coefficient (Wildman–Crippen LogP) is 5.95. The first-order valence-corrected chi connectivity index (χ1v) is 11.5. The summed E-state index contributed by atoms with van der Waals surface area (Å²) in [5.74, 6) is 0. The van der Waals surface area contributed by atoms with Crippen LogP contribution >= 0.6 is 11.8 Å². The average molecular weight is 377 g/mol. The summed E-state index contributed by atoms with van der Waals surface area (Å²) in [5.41, 5.74) is 7.55. The van der Waals surface area contributed by atoms with E-state index in [9.17, 15) is 0 Å². The SMILES string of the molecule is CSc1ccc(CN2CCCn3c4c(c5cc(C)ccc53)CCCC42)cc1. The molecule has 0 N–H and O–H groups in total. The number of benzene rings is 2. The Labute approximate surface area is 166 Å². The van der Waals surface area contributed by atoms with Crippen LogP contribution in [0.2, 0.25) is 0 Å². The molecule has 2 heterocycles. The Morgan fingerprint density at radius 3 is 2.70 bits per heavy atom. The summed E-state index contributed by atoms with van der Waals surface area (Å²) in [5, 5.41) is 1.51. The second-order valence-electron chi connectivity index (χ2n) is 8.12. The first-order valence-electron chi connectivity index (χ1n) is 10.2. The molecular formula is C24H28N2S. The number of aryl methyl sites for hydroxylation is 3. The molecule has 5 rings (SSSR count). The molecule has 0 amide bonds. The maximum Gasteiger partial charge on any atom is 0.0507 e. The Morgan fingerprint density at radius 2 is 1.89 bits per heavy atom. The van der Waals surface area contributed by atoms with Gasteiger partial charge < -0.3 is 4.57 Å². The third-order valence-corrected chi connectivity index (χ3v) is 7.14. The smallest absolute Gasteiger partial charge is 0.0507 e. The third kappa shape index (κ3) is 3.01. The van der Waals surface area contributed by atoms with Crippen molar-refractivity contribution in [2.75, 3.05) is 12.8 Å². The summed E-state index contributed by atoms with van der Waals surface area (Å²) in [4.78, 5) is 4.10. The Bertz CT molecular complexity index is 966. The van der Waals surface area contributed by atoms with E-state index >= 15 is 0 Å². The topological polar surface area (TPSA) is 8.17 Å². The van der Waals surface area contributed by atoms with Crippen LogP contribution in [0.5, 0.6) is 0 Å². The second kappa shape index (κ2) is 7.03. The van der Waals surface area contributed by atoms with Crippen LogP contribution in [0, 0.1) is 6.92 Å². The summed E-state index contributed by atoms with van der Waals surface area (Å²) in [7, 11) is 0. The molecule has 3 aromatic rings. The summed E-state index contributed by atoms with van der Waals surface area (Å²) in [6, 6.07) is 16.8. The van der Waals surface area contributed by atoms with Crippen molar-refractivity contribution in [1.29, 1.82) is 0 Å². The van der Waals surface area contributed by atoms with E-state index in [1.165, 1.54) is 59.2 Å². The van der Waals surface area contributed by atoms with Crippen LogP contribution in [0.4, 0.5) is 0 Å². The standard InChI is InChI=1S/C24H28N2S/c1-17-7-12-22-21(15-17)20-5-3-6-23-24(20)26(22)14-4-13-25(23)16-18-8-10-19(27-2)11-9-18/h7-12,15,23H,3-6,13-14,16H2,1-2H3. The fraction of sp³-hybridized carbons (Fsp3) is 0.417. The van der Waals surface area contributed by atoms with E-state index in [2.05, 4.69) is 65.1 Å². The van der Waals surface area contributed by atoms with Gasteiger partial charge in [0, 0.05) is 41.1 Å². The van der Waals surface area contributed by atoms with Crippen LogP contribution in [-0.2, 0) is 19.5 Å². The number of fused-ring (bicyclic) bond motifs is 3. The highest BCUT2D eigenvalue weighted by molar-refractivity contribution is 7.98. The van der Waals surface area contributed by atoms with E-state index in [0.717, 1.165) is 13.1 Å². The molecule has 0 saturated heterocycles. The van der Waals surface area contributed by atoms with E-state index in [-0.39, 0.29) is 0 Å². The van der Waals surface area contributed by atoms with Gasteiger partial charge in [0.1, 0.15) is 0 Å². The zero-order valence-corrected chi connectivity index (χ0v) is 17.2. The molecule has 140 valence electrons. The van der Waals surface area contributed by atoms with Gasteiger partial charge in [-0.05, 0) is 74.3 Å². The lowest BCUT2D eigenvalue weighted by atomic mass is 9.90. The highest BCUT2D eigenvalue weighted by Gasteiger charge is 2.33. The predicted molar refractivity (Wildman–Crippen MR) is 116 cm³/mol. The Balaban J connectivity index is 1.55. The van der Waals surface area contributed by atoms with Crippen LogP contribution in [-0.4, -0.2) is 22.3 Å². The van der Waals surface area contributed by atoms with Crippen LogP contribution in [0.3, 0.4) is 0 Å². The fourth-order valence-corrected chi connectivity index (χ4v) is 5.56. The largest absolute Gasteiger partial charge is 0.343 e. The van der Waals surface area contributed by atoms with Gasteiger partial charge in [-0.15, -0.1) is 11.8 Å². The van der Waals surface area contributed by atoms with E-state index < -0.39 is 0 Å². The quantitative estimate of drug-likeness (QED) is 0.522. The van der Waals surface area contributed by atoms with Crippen LogP contribution < -0.4 is 0 Å². The molecule has 1 aliphatic heterocycles. The van der Waals surface area contributed by atoms with E-state index in [4.69, 9.17) is 0 Å². The van der Waals surface area contributed by atoms with Crippen LogP contribution in [0.25, 0.3) is 10.9 Å². The van der Waals surface area contributed by atoms with Crippen molar-refractivity contribution in [2.45, 2.75) is 56.6 Å². The average Bonchev–Trinajstić information content (AvgIpc) is 2.88. The van der Waals surface area contributed by atoms with Crippen molar-refractivity contribution in [2.24, 2.45) is 0 Å². The Morgan fingerprint density at radius 1 is 1.04 bits per heavy atom. The molecule has 0 spiro atoms. The number of hydrogen-bond acceptors (Lipinski definition) is 2. The normalized spacial score (nSPS) is 19.9.